The first-order chi connectivity index (χ1) is 14.3. The van der Waals surface area contributed by atoms with Gasteiger partial charge < -0.3 is 14.8 Å². The smallest absolute Gasteiger partial charge is 0.407 e. The number of nitrogens with one attached hydrogen (secondary N) is 1. The minimum absolute atomic E-state index is 0.262. The summed E-state index contributed by atoms with van der Waals surface area (Å²) in [5.74, 6) is 0. The maximum atomic E-state index is 11.7. The van der Waals surface area contributed by atoms with Crippen molar-refractivity contribution in [3.63, 3.8) is 0 Å². The third kappa shape index (κ3) is 17.7. The van der Waals surface area contributed by atoms with Gasteiger partial charge in [0.25, 0.3) is 0 Å². The van der Waals surface area contributed by atoms with E-state index in [9.17, 15) is 4.79 Å². The first-order valence-corrected chi connectivity index (χ1v) is 12.5. The molecule has 1 amide bonds. The van der Waals surface area contributed by atoms with E-state index in [1.165, 1.54) is 83.5 Å². The van der Waals surface area contributed by atoms with Crippen LogP contribution in [0.1, 0.15) is 103 Å². The van der Waals surface area contributed by atoms with Crippen molar-refractivity contribution in [1.82, 2.24) is 10.2 Å². The second-order valence-electron chi connectivity index (χ2n) is 8.47. The number of morpholine rings is 1. The molecule has 172 valence electrons. The van der Waals surface area contributed by atoms with Crippen molar-refractivity contribution in [3.8, 4) is 0 Å². The minimum Gasteiger partial charge on any atom is -0.450 e. The molecule has 1 rings (SSSR count). The van der Waals surface area contributed by atoms with E-state index in [1.54, 1.807) is 0 Å². The minimum atomic E-state index is -0.262. The molecule has 0 unspecified atom stereocenters. The Balaban J connectivity index is 1.72. The van der Waals surface area contributed by atoms with Crippen LogP contribution >= 0.6 is 0 Å². The van der Waals surface area contributed by atoms with E-state index in [1.807, 2.05) is 0 Å². The van der Waals surface area contributed by atoms with Crippen LogP contribution in [-0.4, -0.2) is 57.0 Å². The van der Waals surface area contributed by atoms with Crippen molar-refractivity contribution in [2.24, 2.45) is 0 Å². The van der Waals surface area contributed by atoms with E-state index >= 15 is 0 Å². The number of unbranched alkanes of at least 4 members (excludes halogenated alkanes) is 13. The zero-order valence-electron chi connectivity index (χ0n) is 19.2. The average molecular weight is 413 g/mol. The Morgan fingerprint density at radius 3 is 1.86 bits per heavy atom. The van der Waals surface area contributed by atoms with Gasteiger partial charge >= 0.3 is 6.09 Å². The molecule has 0 saturated carbocycles. The van der Waals surface area contributed by atoms with Crippen molar-refractivity contribution >= 4 is 6.09 Å². The first kappa shape index (κ1) is 26.2. The van der Waals surface area contributed by atoms with E-state index in [0.717, 1.165) is 45.7 Å². The van der Waals surface area contributed by atoms with E-state index in [0.29, 0.717) is 13.2 Å². The second kappa shape index (κ2) is 20.5. The van der Waals surface area contributed by atoms with Gasteiger partial charge in [0, 0.05) is 19.6 Å². The van der Waals surface area contributed by atoms with Crippen LogP contribution in [0.2, 0.25) is 0 Å². The second-order valence-corrected chi connectivity index (χ2v) is 8.47. The number of carbonyl (C=O) groups is 1. The Morgan fingerprint density at radius 2 is 1.31 bits per heavy atom. The van der Waals surface area contributed by atoms with Crippen LogP contribution in [0.3, 0.4) is 0 Å². The van der Waals surface area contributed by atoms with Crippen LogP contribution in [0.25, 0.3) is 0 Å². The molecule has 1 heterocycles. The summed E-state index contributed by atoms with van der Waals surface area (Å²) in [6.07, 6.45) is 19.5. The summed E-state index contributed by atoms with van der Waals surface area (Å²) in [4.78, 5) is 14.0. The van der Waals surface area contributed by atoms with Gasteiger partial charge in [0.2, 0.25) is 0 Å². The highest BCUT2D eigenvalue weighted by Crippen LogP contribution is 2.12. The predicted molar refractivity (Wildman–Crippen MR) is 122 cm³/mol. The maximum absolute atomic E-state index is 11.7. The van der Waals surface area contributed by atoms with Crippen LogP contribution in [0.4, 0.5) is 4.79 Å². The monoisotopic (exact) mass is 412 g/mol. The number of hydrogen-bond acceptors (Lipinski definition) is 4. The molecular formula is C24H48N2O3. The third-order valence-corrected chi connectivity index (χ3v) is 5.76. The molecule has 1 saturated heterocycles. The lowest BCUT2D eigenvalue weighted by molar-refractivity contribution is 0.0374. The highest BCUT2D eigenvalue weighted by atomic mass is 16.5. The van der Waals surface area contributed by atoms with Crippen molar-refractivity contribution in [3.05, 3.63) is 0 Å². The standard InChI is InChI=1S/C24H48N2O3/c1-2-3-4-5-6-7-8-9-10-11-12-13-14-15-21-29-24(27)25-17-16-18-26-19-22-28-23-20-26/h2-23H2,1H3,(H,25,27). The summed E-state index contributed by atoms with van der Waals surface area (Å²) < 4.78 is 10.6. The summed E-state index contributed by atoms with van der Waals surface area (Å²) in [6, 6.07) is 0. The van der Waals surface area contributed by atoms with Gasteiger partial charge in [-0.2, -0.15) is 0 Å². The van der Waals surface area contributed by atoms with E-state index in [-0.39, 0.29) is 6.09 Å². The number of carbonyl (C=O) groups excluding carboxylic acids is 1. The molecule has 0 atom stereocenters. The molecule has 1 aliphatic heterocycles. The average Bonchev–Trinajstić information content (AvgIpc) is 2.75. The van der Waals surface area contributed by atoms with E-state index < -0.39 is 0 Å². The molecular weight excluding hydrogens is 364 g/mol. The third-order valence-electron chi connectivity index (χ3n) is 5.76. The van der Waals surface area contributed by atoms with Crippen LogP contribution in [0.5, 0.6) is 0 Å². The van der Waals surface area contributed by atoms with Gasteiger partial charge in [0.05, 0.1) is 19.8 Å². The SMILES string of the molecule is CCCCCCCCCCCCCCCCOC(=O)NCCCN1CCOCC1. The lowest BCUT2D eigenvalue weighted by Crippen LogP contribution is -2.38. The molecule has 1 N–H and O–H groups in total. The Kier molecular flexibility index (Phi) is 18.5. The molecule has 0 aromatic carbocycles. The predicted octanol–water partition coefficient (Wildman–Crippen LogP) is 5.92. The fourth-order valence-electron chi connectivity index (χ4n) is 3.83. The van der Waals surface area contributed by atoms with Gasteiger partial charge in [-0.3, -0.25) is 4.90 Å². The number of amides is 1. The summed E-state index contributed by atoms with van der Waals surface area (Å²) >= 11 is 0. The van der Waals surface area contributed by atoms with E-state index in [2.05, 4.69) is 17.1 Å². The van der Waals surface area contributed by atoms with E-state index in [4.69, 9.17) is 9.47 Å². The van der Waals surface area contributed by atoms with Gasteiger partial charge in [-0.1, -0.05) is 90.4 Å². The van der Waals surface area contributed by atoms with Gasteiger partial charge in [-0.15, -0.1) is 0 Å². The molecule has 1 fully saturated rings. The van der Waals surface area contributed by atoms with Gasteiger partial charge in [-0.05, 0) is 19.4 Å². The fraction of sp³-hybridized carbons (Fsp3) is 0.958. The number of nitrogens with zero attached hydrogens (tertiary/aromatic N) is 1. The highest BCUT2D eigenvalue weighted by Gasteiger charge is 2.09. The Morgan fingerprint density at radius 1 is 0.793 bits per heavy atom. The molecule has 0 bridgehead atoms. The lowest BCUT2D eigenvalue weighted by Gasteiger charge is -2.26. The van der Waals surface area contributed by atoms with Crippen molar-refractivity contribution < 1.29 is 14.3 Å². The fourth-order valence-corrected chi connectivity index (χ4v) is 3.83. The normalized spacial score (nSPS) is 14.8. The van der Waals surface area contributed by atoms with Crippen LogP contribution < -0.4 is 5.32 Å². The largest absolute Gasteiger partial charge is 0.450 e. The summed E-state index contributed by atoms with van der Waals surface area (Å²) in [7, 11) is 0. The van der Waals surface area contributed by atoms with Gasteiger partial charge in [0.1, 0.15) is 0 Å². The summed E-state index contributed by atoms with van der Waals surface area (Å²) in [6.45, 7) is 8.20. The molecule has 1 aliphatic rings. The Labute approximate surface area is 180 Å². The van der Waals surface area contributed by atoms with Crippen molar-refractivity contribution in [1.29, 1.82) is 0 Å². The van der Waals surface area contributed by atoms with Crippen molar-refractivity contribution in [2.75, 3.05) is 46.0 Å². The topological polar surface area (TPSA) is 50.8 Å². The summed E-state index contributed by atoms with van der Waals surface area (Å²) in [5.41, 5.74) is 0. The molecule has 0 radical (unpaired) electrons. The molecule has 0 aromatic rings. The Hall–Kier alpha value is -0.810. The van der Waals surface area contributed by atoms with Crippen LogP contribution in [0, 0.1) is 0 Å². The number of ether oxygens (including phenoxy) is 2. The molecule has 0 spiro atoms. The lowest BCUT2D eigenvalue weighted by atomic mass is 10.0. The van der Waals surface area contributed by atoms with Crippen molar-refractivity contribution in [2.45, 2.75) is 103 Å². The zero-order chi connectivity index (χ0) is 20.8. The molecule has 5 heteroatoms. The van der Waals surface area contributed by atoms with Gasteiger partial charge in [0.15, 0.2) is 0 Å². The molecule has 5 nitrogen and oxygen atoms in total. The number of hydrogen-bond donors (Lipinski definition) is 1. The quantitative estimate of drug-likeness (QED) is 0.268. The zero-order valence-corrected chi connectivity index (χ0v) is 19.2. The molecule has 0 aliphatic carbocycles. The molecule has 0 aromatic heterocycles. The summed E-state index contributed by atoms with van der Waals surface area (Å²) in [5, 5.41) is 2.85. The Bertz CT molecular complexity index is 360. The van der Waals surface area contributed by atoms with Gasteiger partial charge in [-0.25, -0.2) is 4.79 Å². The van der Waals surface area contributed by atoms with Crippen LogP contribution in [0.15, 0.2) is 0 Å². The maximum Gasteiger partial charge on any atom is 0.407 e. The highest BCUT2D eigenvalue weighted by molar-refractivity contribution is 5.66. The number of alkyl carbamates (subject to hydrolysis) is 1. The number of rotatable bonds is 19. The first-order valence-electron chi connectivity index (χ1n) is 12.5. The van der Waals surface area contributed by atoms with Crippen LogP contribution in [-0.2, 0) is 9.47 Å². The molecule has 29 heavy (non-hydrogen) atoms.